The van der Waals surface area contributed by atoms with E-state index in [1.807, 2.05) is 18.2 Å². The molecule has 1 aliphatic carbocycles. The number of ketones is 1. The van der Waals surface area contributed by atoms with Crippen LogP contribution in [-0.4, -0.2) is 42.5 Å². The van der Waals surface area contributed by atoms with Crippen LogP contribution in [0.1, 0.15) is 63.9 Å². The maximum Gasteiger partial charge on any atom is 0.415 e. The van der Waals surface area contributed by atoms with Gasteiger partial charge in [0.15, 0.2) is 0 Å². The van der Waals surface area contributed by atoms with Gasteiger partial charge in [0.2, 0.25) is 0 Å². The number of carbonyl (C=O) groups excluding carboxylic acids is 2. The highest BCUT2D eigenvalue weighted by atomic mass is 16.6. The van der Waals surface area contributed by atoms with Gasteiger partial charge in [-0.3, -0.25) is 9.69 Å². The Morgan fingerprint density at radius 2 is 1.78 bits per heavy atom. The lowest BCUT2D eigenvalue weighted by molar-refractivity contribution is -0.116. The lowest BCUT2D eigenvalue weighted by Crippen LogP contribution is -2.53. The van der Waals surface area contributed by atoms with E-state index in [4.69, 9.17) is 4.74 Å². The fraction of sp³-hybridized carbons (Fsp3) is 0.636. The molecule has 0 aromatic heterocycles. The zero-order valence-corrected chi connectivity index (χ0v) is 16.3. The van der Waals surface area contributed by atoms with Gasteiger partial charge in [0.05, 0.1) is 12.2 Å². The van der Waals surface area contributed by atoms with Crippen LogP contribution in [0.4, 0.5) is 10.5 Å². The normalized spacial score (nSPS) is 23.6. The molecule has 1 saturated carbocycles. The standard InChI is InChI=1S/C22H30N2O3/c1-17(25)16-24-20-11-7-6-10-19(20)22(27-21(24)26)12-14-23(15-13-22)18-8-4-2-3-5-9-18/h6-7,10-11,18H,2-5,8-9,12-16H2,1H3. The van der Waals surface area contributed by atoms with Crippen molar-refractivity contribution in [3.05, 3.63) is 29.8 Å². The van der Waals surface area contributed by atoms with E-state index in [0.717, 1.165) is 37.2 Å². The van der Waals surface area contributed by atoms with Crippen LogP contribution in [0.25, 0.3) is 0 Å². The van der Waals surface area contributed by atoms with Crippen molar-refractivity contribution < 1.29 is 14.3 Å². The maximum atomic E-state index is 12.7. The van der Waals surface area contributed by atoms with Gasteiger partial charge >= 0.3 is 6.09 Å². The minimum absolute atomic E-state index is 0.0408. The molecule has 1 amide bonds. The van der Waals surface area contributed by atoms with Crippen molar-refractivity contribution in [1.29, 1.82) is 0 Å². The van der Waals surface area contributed by atoms with E-state index in [-0.39, 0.29) is 18.4 Å². The number of anilines is 1. The number of benzene rings is 1. The Morgan fingerprint density at radius 1 is 1.11 bits per heavy atom. The Hall–Kier alpha value is -1.88. The number of ether oxygens (including phenoxy) is 1. The van der Waals surface area contributed by atoms with Crippen LogP contribution in [0.3, 0.4) is 0 Å². The van der Waals surface area contributed by atoms with Crippen molar-refractivity contribution in [3.63, 3.8) is 0 Å². The van der Waals surface area contributed by atoms with E-state index in [0.29, 0.717) is 6.04 Å². The second-order valence-corrected chi connectivity index (χ2v) is 8.35. The molecule has 2 fully saturated rings. The number of carbonyl (C=O) groups is 2. The maximum absolute atomic E-state index is 12.7. The van der Waals surface area contributed by atoms with Crippen molar-refractivity contribution >= 4 is 17.6 Å². The number of nitrogens with zero attached hydrogens (tertiary/aromatic N) is 2. The SMILES string of the molecule is CC(=O)CN1C(=O)OC2(CCN(C3CCCCCC3)CC2)c2ccccc21. The fourth-order valence-electron chi connectivity index (χ4n) is 5.09. The molecule has 4 rings (SSSR count). The molecule has 146 valence electrons. The summed E-state index contributed by atoms with van der Waals surface area (Å²) >= 11 is 0. The van der Waals surface area contributed by atoms with Gasteiger partial charge in [-0.1, -0.05) is 43.9 Å². The second-order valence-electron chi connectivity index (χ2n) is 8.35. The Labute approximate surface area is 161 Å². The smallest absolute Gasteiger partial charge is 0.415 e. The average molecular weight is 370 g/mol. The number of rotatable bonds is 3. The van der Waals surface area contributed by atoms with Gasteiger partial charge in [-0.05, 0) is 25.8 Å². The van der Waals surface area contributed by atoms with Crippen LogP contribution < -0.4 is 4.90 Å². The predicted molar refractivity (Wildman–Crippen MR) is 105 cm³/mol. The molecule has 3 aliphatic rings. The molecule has 0 bridgehead atoms. The van der Waals surface area contributed by atoms with E-state index in [1.165, 1.54) is 50.3 Å². The Morgan fingerprint density at radius 3 is 2.44 bits per heavy atom. The molecule has 1 saturated heterocycles. The summed E-state index contributed by atoms with van der Waals surface area (Å²) in [5.74, 6) is -0.0408. The Balaban J connectivity index is 1.55. The number of Topliss-reactive ketones (excluding diaryl/α,β-unsaturated/α-hetero) is 1. The number of piperidine rings is 1. The van der Waals surface area contributed by atoms with E-state index in [2.05, 4.69) is 11.0 Å². The number of likely N-dealkylation sites (tertiary alicyclic amines) is 1. The molecule has 5 nitrogen and oxygen atoms in total. The van der Waals surface area contributed by atoms with E-state index in [9.17, 15) is 9.59 Å². The number of amides is 1. The summed E-state index contributed by atoms with van der Waals surface area (Å²) in [6, 6.07) is 8.63. The number of para-hydroxylation sites is 1. The Kier molecular flexibility index (Phi) is 5.22. The number of hydrogen-bond acceptors (Lipinski definition) is 4. The van der Waals surface area contributed by atoms with E-state index < -0.39 is 5.60 Å². The largest absolute Gasteiger partial charge is 0.437 e. The highest BCUT2D eigenvalue weighted by Crippen LogP contribution is 2.46. The summed E-state index contributed by atoms with van der Waals surface area (Å²) in [6.07, 6.45) is 9.29. The van der Waals surface area contributed by atoms with Crippen LogP contribution in [0.15, 0.2) is 24.3 Å². The van der Waals surface area contributed by atoms with Crippen molar-refractivity contribution in [2.45, 2.75) is 69.9 Å². The number of fused-ring (bicyclic) bond motifs is 2. The quantitative estimate of drug-likeness (QED) is 0.747. The molecule has 27 heavy (non-hydrogen) atoms. The van der Waals surface area contributed by atoms with Crippen LogP contribution in [0.2, 0.25) is 0 Å². The van der Waals surface area contributed by atoms with E-state index in [1.54, 1.807) is 0 Å². The third-order valence-corrected chi connectivity index (χ3v) is 6.52. The molecule has 1 aromatic carbocycles. The molecule has 5 heteroatoms. The lowest BCUT2D eigenvalue weighted by Gasteiger charge is -2.48. The minimum atomic E-state index is -0.539. The molecule has 0 N–H and O–H groups in total. The van der Waals surface area contributed by atoms with Gasteiger partial charge in [0.25, 0.3) is 0 Å². The molecular weight excluding hydrogens is 340 g/mol. The van der Waals surface area contributed by atoms with Gasteiger partial charge < -0.3 is 9.64 Å². The summed E-state index contributed by atoms with van der Waals surface area (Å²) in [5, 5.41) is 0. The van der Waals surface area contributed by atoms with Crippen molar-refractivity contribution in [1.82, 2.24) is 4.90 Å². The molecule has 0 radical (unpaired) electrons. The van der Waals surface area contributed by atoms with E-state index >= 15 is 0 Å². The summed E-state index contributed by atoms with van der Waals surface area (Å²) in [4.78, 5) is 28.5. The monoisotopic (exact) mass is 370 g/mol. The van der Waals surface area contributed by atoms with Crippen molar-refractivity contribution in [2.24, 2.45) is 0 Å². The van der Waals surface area contributed by atoms with Crippen molar-refractivity contribution in [2.75, 3.05) is 24.5 Å². The summed E-state index contributed by atoms with van der Waals surface area (Å²) in [6.45, 7) is 3.52. The first-order chi connectivity index (χ1) is 13.1. The van der Waals surface area contributed by atoms with Crippen LogP contribution in [0, 0.1) is 0 Å². The van der Waals surface area contributed by atoms with Gasteiger partial charge in [-0.25, -0.2) is 4.79 Å². The molecule has 0 unspecified atom stereocenters. The summed E-state index contributed by atoms with van der Waals surface area (Å²) in [5.41, 5.74) is 1.36. The summed E-state index contributed by atoms with van der Waals surface area (Å²) in [7, 11) is 0. The van der Waals surface area contributed by atoms with Crippen LogP contribution >= 0.6 is 0 Å². The van der Waals surface area contributed by atoms with Crippen LogP contribution in [-0.2, 0) is 15.1 Å². The topological polar surface area (TPSA) is 49.9 Å². The highest BCUT2D eigenvalue weighted by Gasteiger charge is 2.47. The first-order valence-electron chi connectivity index (χ1n) is 10.4. The lowest BCUT2D eigenvalue weighted by atomic mass is 9.81. The number of hydrogen-bond donors (Lipinski definition) is 0. The molecule has 1 aromatic rings. The Bertz CT molecular complexity index is 701. The second kappa shape index (κ2) is 7.63. The van der Waals surface area contributed by atoms with Gasteiger partial charge in [-0.2, -0.15) is 0 Å². The molecule has 0 atom stereocenters. The zero-order valence-electron chi connectivity index (χ0n) is 16.3. The first kappa shape index (κ1) is 18.5. The van der Waals surface area contributed by atoms with Crippen LogP contribution in [0.5, 0.6) is 0 Å². The third kappa shape index (κ3) is 3.62. The average Bonchev–Trinajstić information content (AvgIpc) is 2.95. The van der Waals surface area contributed by atoms with Gasteiger partial charge in [0, 0.05) is 37.5 Å². The fourth-order valence-corrected chi connectivity index (χ4v) is 5.09. The predicted octanol–water partition coefficient (Wildman–Crippen LogP) is 4.25. The molecule has 1 spiro atoms. The minimum Gasteiger partial charge on any atom is -0.437 e. The highest BCUT2D eigenvalue weighted by molar-refractivity contribution is 5.97. The van der Waals surface area contributed by atoms with Crippen molar-refractivity contribution in [3.8, 4) is 0 Å². The molecular formula is C22H30N2O3. The van der Waals surface area contributed by atoms with Gasteiger partial charge in [0.1, 0.15) is 11.4 Å². The molecule has 2 aliphatic heterocycles. The zero-order chi connectivity index (χ0) is 18.9. The van der Waals surface area contributed by atoms with Gasteiger partial charge in [-0.15, -0.1) is 0 Å². The third-order valence-electron chi connectivity index (χ3n) is 6.52. The first-order valence-corrected chi connectivity index (χ1v) is 10.4. The summed E-state index contributed by atoms with van der Waals surface area (Å²) < 4.78 is 6.02. The molecule has 2 heterocycles.